The van der Waals surface area contributed by atoms with Crippen molar-refractivity contribution in [3.05, 3.63) is 12.0 Å². The standard InChI is InChI=1S/C13H23FN4O/c1-5-6-15-13-16-9-11(14)12(17-13)18(10(2)3)7-8-19-4/h9-10H,5-8H2,1-4H3,(H,15,16,17). The molecule has 1 heterocycles. The first-order valence-electron chi connectivity index (χ1n) is 6.62. The van der Waals surface area contributed by atoms with Crippen LogP contribution in [-0.2, 0) is 4.74 Å². The molecule has 19 heavy (non-hydrogen) atoms. The van der Waals surface area contributed by atoms with Gasteiger partial charge < -0.3 is 15.0 Å². The Kier molecular flexibility index (Phi) is 6.49. The first-order valence-corrected chi connectivity index (χ1v) is 6.62. The summed E-state index contributed by atoms with van der Waals surface area (Å²) >= 11 is 0. The molecule has 0 aliphatic rings. The van der Waals surface area contributed by atoms with E-state index >= 15 is 0 Å². The lowest BCUT2D eigenvalue weighted by Gasteiger charge is -2.28. The van der Waals surface area contributed by atoms with E-state index in [2.05, 4.69) is 22.2 Å². The lowest BCUT2D eigenvalue weighted by molar-refractivity contribution is 0.203. The normalized spacial score (nSPS) is 10.8. The average molecular weight is 270 g/mol. The van der Waals surface area contributed by atoms with Crippen molar-refractivity contribution >= 4 is 11.8 Å². The van der Waals surface area contributed by atoms with E-state index in [0.29, 0.717) is 24.9 Å². The molecule has 1 N–H and O–H groups in total. The van der Waals surface area contributed by atoms with Crippen molar-refractivity contribution < 1.29 is 9.13 Å². The minimum Gasteiger partial charge on any atom is -0.383 e. The minimum atomic E-state index is -0.410. The number of rotatable bonds is 8. The SMILES string of the molecule is CCCNc1ncc(F)c(N(CCOC)C(C)C)n1. The molecule has 0 unspecified atom stereocenters. The molecule has 0 bridgehead atoms. The zero-order chi connectivity index (χ0) is 14.3. The highest BCUT2D eigenvalue weighted by Crippen LogP contribution is 2.19. The maximum atomic E-state index is 13.9. The van der Waals surface area contributed by atoms with Crippen LogP contribution in [0.2, 0.25) is 0 Å². The van der Waals surface area contributed by atoms with Crippen molar-refractivity contribution in [2.75, 3.05) is 37.0 Å². The maximum absolute atomic E-state index is 13.9. The Labute approximate surface area is 114 Å². The summed E-state index contributed by atoms with van der Waals surface area (Å²) in [4.78, 5) is 10.1. The minimum absolute atomic E-state index is 0.138. The van der Waals surface area contributed by atoms with Crippen molar-refractivity contribution in [3.8, 4) is 0 Å². The fraction of sp³-hybridized carbons (Fsp3) is 0.692. The molecule has 0 radical (unpaired) electrons. The molecule has 1 aromatic rings. The first-order chi connectivity index (χ1) is 9.10. The van der Waals surface area contributed by atoms with Gasteiger partial charge in [-0.15, -0.1) is 0 Å². The van der Waals surface area contributed by atoms with Crippen molar-refractivity contribution in [2.24, 2.45) is 0 Å². The number of nitrogens with one attached hydrogen (secondary N) is 1. The third-order valence-corrected chi connectivity index (χ3v) is 2.69. The monoisotopic (exact) mass is 270 g/mol. The van der Waals surface area contributed by atoms with E-state index in [1.807, 2.05) is 18.7 Å². The molecule has 0 spiro atoms. The molecule has 0 amide bonds. The number of nitrogens with zero attached hydrogens (tertiary/aromatic N) is 3. The zero-order valence-electron chi connectivity index (χ0n) is 12.1. The van der Waals surface area contributed by atoms with Gasteiger partial charge in [-0.05, 0) is 20.3 Å². The van der Waals surface area contributed by atoms with Gasteiger partial charge in [0.25, 0.3) is 0 Å². The molecule has 0 aliphatic carbocycles. The lowest BCUT2D eigenvalue weighted by Crippen LogP contribution is -2.35. The summed E-state index contributed by atoms with van der Waals surface area (Å²) in [6, 6.07) is 0.138. The summed E-state index contributed by atoms with van der Waals surface area (Å²) in [6.07, 6.45) is 2.18. The second-order valence-electron chi connectivity index (χ2n) is 4.57. The van der Waals surface area contributed by atoms with E-state index in [9.17, 15) is 4.39 Å². The molecular weight excluding hydrogens is 247 g/mol. The Morgan fingerprint density at radius 2 is 2.21 bits per heavy atom. The second-order valence-corrected chi connectivity index (χ2v) is 4.57. The van der Waals surface area contributed by atoms with Crippen LogP contribution in [0.25, 0.3) is 0 Å². The largest absolute Gasteiger partial charge is 0.383 e. The molecule has 0 saturated heterocycles. The third-order valence-electron chi connectivity index (χ3n) is 2.69. The molecule has 0 atom stereocenters. The van der Waals surface area contributed by atoms with Crippen LogP contribution in [0.1, 0.15) is 27.2 Å². The van der Waals surface area contributed by atoms with Crippen LogP contribution in [0.5, 0.6) is 0 Å². The number of aromatic nitrogens is 2. The van der Waals surface area contributed by atoms with Crippen LogP contribution in [0.4, 0.5) is 16.2 Å². The van der Waals surface area contributed by atoms with Crippen LogP contribution in [0, 0.1) is 5.82 Å². The Bertz CT molecular complexity index is 387. The van der Waals surface area contributed by atoms with Gasteiger partial charge in [-0.1, -0.05) is 6.92 Å². The number of hydrogen-bond donors (Lipinski definition) is 1. The Hall–Kier alpha value is -1.43. The zero-order valence-corrected chi connectivity index (χ0v) is 12.1. The number of anilines is 2. The summed E-state index contributed by atoms with van der Waals surface area (Å²) < 4.78 is 19.0. The summed E-state index contributed by atoms with van der Waals surface area (Å²) in [5.41, 5.74) is 0. The molecule has 1 rings (SSSR count). The van der Waals surface area contributed by atoms with Crippen LogP contribution >= 0.6 is 0 Å². The van der Waals surface area contributed by atoms with Gasteiger partial charge in [0, 0.05) is 26.2 Å². The van der Waals surface area contributed by atoms with Gasteiger partial charge in [0.2, 0.25) is 5.95 Å². The van der Waals surface area contributed by atoms with E-state index in [1.54, 1.807) is 7.11 Å². The maximum Gasteiger partial charge on any atom is 0.224 e. The van der Waals surface area contributed by atoms with Crippen molar-refractivity contribution in [1.29, 1.82) is 0 Å². The highest BCUT2D eigenvalue weighted by atomic mass is 19.1. The molecule has 0 aliphatic heterocycles. The average Bonchev–Trinajstić information content (AvgIpc) is 2.39. The molecule has 1 aromatic heterocycles. The van der Waals surface area contributed by atoms with E-state index in [1.165, 1.54) is 6.20 Å². The van der Waals surface area contributed by atoms with Gasteiger partial charge in [0.1, 0.15) is 0 Å². The van der Waals surface area contributed by atoms with Crippen LogP contribution in [0.3, 0.4) is 0 Å². The highest BCUT2D eigenvalue weighted by Gasteiger charge is 2.17. The third kappa shape index (κ3) is 4.63. The lowest BCUT2D eigenvalue weighted by atomic mass is 10.3. The summed E-state index contributed by atoms with van der Waals surface area (Å²) in [7, 11) is 1.63. The van der Waals surface area contributed by atoms with E-state index in [0.717, 1.165) is 13.0 Å². The summed E-state index contributed by atoms with van der Waals surface area (Å²) in [6.45, 7) is 7.93. The predicted octanol–water partition coefficient (Wildman–Crippen LogP) is 2.30. The van der Waals surface area contributed by atoms with Crippen molar-refractivity contribution in [2.45, 2.75) is 33.2 Å². The molecule has 0 fully saturated rings. The van der Waals surface area contributed by atoms with E-state index in [4.69, 9.17) is 4.74 Å². The second kappa shape index (κ2) is 7.89. The summed E-state index contributed by atoms with van der Waals surface area (Å²) in [5, 5.41) is 3.07. The molecule has 6 heteroatoms. The van der Waals surface area contributed by atoms with E-state index in [-0.39, 0.29) is 6.04 Å². The van der Waals surface area contributed by atoms with Crippen LogP contribution in [-0.4, -0.2) is 42.8 Å². The Morgan fingerprint density at radius 3 is 2.79 bits per heavy atom. The van der Waals surface area contributed by atoms with Crippen molar-refractivity contribution in [3.63, 3.8) is 0 Å². The van der Waals surface area contributed by atoms with Gasteiger partial charge in [0.15, 0.2) is 11.6 Å². The predicted molar refractivity (Wildman–Crippen MR) is 75.1 cm³/mol. The topological polar surface area (TPSA) is 50.3 Å². The fourth-order valence-corrected chi connectivity index (χ4v) is 1.68. The summed E-state index contributed by atoms with van der Waals surface area (Å²) in [5.74, 6) is 0.369. The quantitative estimate of drug-likeness (QED) is 0.785. The number of ether oxygens (including phenoxy) is 1. The van der Waals surface area contributed by atoms with Crippen molar-refractivity contribution in [1.82, 2.24) is 9.97 Å². The number of halogens is 1. The van der Waals surface area contributed by atoms with Crippen LogP contribution in [0.15, 0.2) is 6.20 Å². The Balaban J connectivity index is 2.93. The fourth-order valence-electron chi connectivity index (χ4n) is 1.68. The Morgan fingerprint density at radius 1 is 1.47 bits per heavy atom. The first kappa shape index (κ1) is 15.6. The number of hydrogen-bond acceptors (Lipinski definition) is 5. The molecule has 0 saturated carbocycles. The molecule has 108 valence electrons. The van der Waals surface area contributed by atoms with Gasteiger partial charge in [-0.25, -0.2) is 9.37 Å². The number of methoxy groups -OCH3 is 1. The van der Waals surface area contributed by atoms with Gasteiger partial charge in [0.05, 0.1) is 12.8 Å². The smallest absolute Gasteiger partial charge is 0.224 e. The highest BCUT2D eigenvalue weighted by molar-refractivity contribution is 5.44. The van der Waals surface area contributed by atoms with Gasteiger partial charge in [-0.3, -0.25) is 0 Å². The van der Waals surface area contributed by atoms with Gasteiger partial charge in [-0.2, -0.15) is 4.98 Å². The molecule has 0 aromatic carbocycles. The van der Waals surface area contributed by atoms with Gasteiger partial charge >= 0.3 is 0 Å². The molecule has 5 nitrogen and oxygen atoms in total. The molecular formula is C13H23FN4O. The van der Waals surface area contributed by atoms with E-state index < -0.39 is 5.82 Å². The van der Waals surface area contributed by atoms with Crippen LogP contribution < -0.4 is 10.2 Å².